The van der Waals surface area contributed by atoms with Gasteiger partial charge in [0, 0.05) is 130 Å². The normalized spacial score (nSPS) is 15.0. The predicted molar refractivity (Wildman–Crippen MR) is 517 cm³/mol. The van der Waals surface area contributed by atoms with Crippen LogP contribution < -0.4 is 21.7 Å². The number of unbranched alkanes of at least 4 members (excludes halogenated alkanes) is 1. The number of nitrogens with zero attached hydrogens (tertiary/aromatic N) is 10. The van der Waals surface area contributed by atoms with Gasteiger partial charge in [-0.1, -0.05) is 164 Å². The average molecular weight is 1890 g/mol. The highest BCUT2D eigenvalue weighted by Crippen LogP contribution is 2.42. The second-order valence-electron chi connectivity index (χ2n) is 31.1. The molecule has 0 aliphatic carbocycles. The van der Waals surface area contributed by atoms with Crippen LogP contribution in [0, 0.1) is 0 Å². The number of ether oxygens (including phenoxy) is 7. The number of imide groups is 3. The highest BCUT2D eigenvalue weighted by Gasteiger charge is 2.40. The number of nitrogens with one attached hydrogen (secondary N) is 3. The minimum absolute atomic E-state index is 0. The largest absolute Gasteiger partial charge is 0.394 e. The lowest BCUT2D eigenvalue weighted by atomic mass is 9.97. The Morgan fingerprint density at radius 2 is 0.687 bits per heavy atom. The van der Waals surface area contributed by atoms with Gasteiger partial charge in [-0.15, -0.1) is 0 Å². The third kappa shape index (κ3) is 26.9. The quantitative estimate of drug-likeness (QED) is 0.0144. The standard InChI is InChI=1S/C29H32N4O10S2.C28H29N5O4.C27H28N4O6.C4H8O.C4H10.C3H8.CH5N.CH4/c1-44(36,37)42-17-15-40-13-11-32-19-22(20-7-3-5-9-23(20)32)25-26(29(35)30-28(25)34)27-21-8-4-6-10-24(21)33(31-27)12-14-41-16-18-43-45(2,38)39;1-31-10-14-36-16-12-32-18-21(19-6-2-4-8-22(19)32)24-25(28(35)29-27(24)34)26-20-7-3-5-9-23(20)33(30-26)13-17-37-15-11-31;32-11-15-36-13-9-30-17-20(18-5-1-3-7-21(18)30)23-24(27(35)28-26(23)34)25-19-6-2-4-8-22(19)31(29-25)10-14-37-16-12-33;1-2-4-5-3-1;1-3-4-2;1-3-2;1-2;/h3-10,19H,11-18H2,1-2H3,(H,30,34,35);2-9,18H,10-17H2,1H3,(H,29,34,35);1-8,17,32-33H,9-16H2,(H,28,34,35);1-4H2;3-4H2,1-2H3;3H2,1-2H3;2H2,1H3;1H4. The molecule has 4 bridgehead atoms. The lowest BCUT2D eigenvalue weighted by Gasteiger charge is -2.17. The number of benzene rings is 6. The number of likely N-dealkylation sites (N-methyl/N-ethyl adjacent to an activating group) is 1. The van der Waals surface area contributed by atoms with E-state index in [9.17, 15) is 45.6 Å². The number of aliphatic hydroxyl groups excluding tert-OH is 2. The summed E-state index contributed by atoms with van der Waals surface area (Å²) >= 11 is 0. The second-order valence-corrected chi connectivity index (χ2v) is 34.4. The van der Waals surface area contributed by atoms with Crippen LogP contribution in [0.1, 0.15) is 101 Å². The highest BCUT2D eigenvalue weighted by atomic mass is 32.2. The van der Waals surface area contributed by atoms with E-state index in [0.717, 1.165) is 98.8 Å². The summed E-state index contributed by atoms with van der Waals surface area (Å²) in [5, 5.41) is 44.4. The van der Waals surface area contributed by atoms with Gasteiger partial charge >= 0.3 is 0 Å². The van der Waals surface area contributed by atoms with E-state index in [0.29, 0.717) is 129 Å². The van der Waals surface area contributed by atoms with Gasteiger partial charge in [0.15, 0.2) is 0 Å². The number of carbonyl (C=O) groups excluding carboxylic acids is 6. The summed E-state index contributed by atoms with van der Waals surface area (Å²) in [4.78, 5) is 81.6. The van der Waals surface area contributed by atoms with Gasteiger partial charge in [-0.25, -0.2) is 0 Å². The maximum absolute atomic E-state index is 13.3. The van der Waals surface area contributed by atoms with E-state index in [2.05, 4.69) is 70.1 Å². The van der Waals surface area contributed by atoms with Crippen LogP contribution in [0.2, 0.25) is 0 Å². The molecular formula is C97H124N14O21S2. The zero-order valence-electron chi connectivity index (χ0n) is 76.5. The second kappa shape index (κ2) is 51.7. The Morgan fingerprint density at radius 1 is 0.373 bits per heavy atom. The molecule has 6 aromatic carbocycles. The first-order valence-corrected chi connectivity index (χ1v) is 48.3. The summed E-state index contributed by atoms with van der Waals surface area (Å²) in [6.07, 6.45) is 14.0. The molecule has 0 saturated carbocycles. The maximum Gasteiger partial charge on any atom is 0.264 e. The van der Waals surface area contributed by atoms with E-state index in [1.165, 1.54) is 39.2 Å². The molecular weight excluding hydrogens is 1760 g/mol. The summed E-state index contributed by atoms with van der Waals surface area (Å²) in [5.41, 5.74) is 14.3. The first-order valence-electron chi connectivity index (χ1n) is 44.6. The van der Waals surface area contributed by atoms with Crippen LogP contribution >= 0.6 is 0 Å². The summed E-state index contributed by atoms with van der Waals surface area (Å²) < 4.78 is 104. The Morgan fingerprint density at radius 3 is 1.07 bits per heavy atom. The van der Waals surface area contributed by atoms with Crippen molar-refractivity contribution in [3.63, 3.8) is 0 Å². The van der Waals surface area contributed by atoms with Gasteiger partial charge in [0.2, 0.25) is 0 Å². The molecule has 720 valence electrons. The number of nitrogens with two attached hydrogens (primary N) is 1. The minimum atomic E-state index is -3.56. The van der Waals surface area contributed by atoms with Crippen molar-refractivity contribution < 1.29 is 97.3 Å². The van der Waals surface area contributed by atoms with Gasteiger partial charge in [-0.3, -0.25) is 67.1 Å². The van der Waals surface area contributed by atoms with Crippen molar-refractivity contribution in [1.29, 1.82) is 0 Å². The summed E-state index contributed by atoms with van der Waals surface area (Å²) in [5.74, 6) is -2.90. The van der Waals surface area contributed by atoms with Gasteiger partial charge in [-0.2, -0.15) is 32.1 Å². The molecule has 134 heavy (non-hydrogen) atoms. The van der Waals surface area contributed by atoms with Crippen molar-refractivity contribution in [2.24, 2.45) is 5.73 Å². The Bertz CT molecular complexity index is 5980. The first kappa shape index (κ1) is 104. The monoisotopic (exact) mass is 1880 g/mol. The molecule has 6 amide bonds. The zero-order chi connectivity index (χ0) is 95.0. The van der Waals surface area contributed by atoms with Crippen LogP contribution in [0.4, 0.5) is 0 Å². The van der Waals surface area contributed by atoms with E-state index in [4.69, 9.17) is 62.9 Å². The number of rotatable bonds is 29. The number of hydrogen-bond acceptors (Lipinski definition) is 26. The highest BCUT2D eigenvalue weighted by molar-refractivity contribution is 7.86. The molecule has 0 unspecified atom stereocenters. The lowest BCUT2D eigenvalue weighted by molar-refractivity contribution is -0.124. The molecule has 6 aromatic heterocycles. The average Bonchev–Trinajstić information content (AvgIpc) is 1.59. The van der Waals surface area contributed by atoms with Crippen LogP contribution in [-0.2, 0) is 130 Å². The molecule has 17 rings (SSSR count). The topological polar surface area (TPSA) is 428 Å². The van der Waals surface area contributed by atoms with Gasteiger partial charge < -0.3 is 67.7 Å². The molecule has 35 nitrogen and oxygen atoms in total. The van der Waals surface area contributed by atoms with Crippen molar-refractivity contribution in [3.8, 4) is 0 Å². The zero-order valence-corrected chi connectivity index (χ0v) is 78.2. The molecule has 0 spiro atoms. The number of amides is 6. The van der Waals surface area contributed by atoms with E-state index in [1.807, 2.05) is 172 Å². The molecule has 11 heterocycles. The summed E-state index contributed by atoms with van der Waals surface area (Å²) in [7, 11) is -3.55. The van der Waals surface area contributed by atoms with E-state index < -0.39 is 55.7 Å². The van der Waals surface area contributed by atoms with Gasteiger partial charge in [0.25, 0.3) is 55.7 Å². The fourth-order valence-corrected chi connectivity index (χ4v) is 16.1. The number of fused-ring (bicyclic) bond motifs is 16. The van der Waals surface area contributed by atoms with Crippen molar-refractivity contribution in [3.05, 3.63) is 198 Å². The van der Waals surface area contributed by atoms with Gasteiger partial charge in [-0.05, 0) is 63.3 Å². The Hall–Kier alpha value is -11.6. The van der Waals surface area contributed by atoms with Crippen molar-refractivity contribution in [1.82, 2.24) is 63.9 Å². The van der Waals surface area contributed by atoms with Crippen molar-refractivity contribution >= 4 is 155 Å². The molecule has 37 heteroatoms. The minimum Gasteiger partial charge on any atom is -0.394 e. The fourth-order valence-electron chi connectivity index (χ4n) is 15.4. The molecule has 1 saturated heterocycles. The number of aliphatic hydroxyl groups is 2. The third-order valence-electron chi connectivity index (χ3n) is 21.5. The third-order valence-corrected chi connectivity index (χ3v) is 22.7. The van der Waals surface area contributed by atoms with E-state index in [-0.39, 0.29) is 95.8 Å². The molecule has 0 radical (unpaired) electrons. The molecule has 0 atom stereocenters. The summed E-state index contributed by atoms with van der Waals surface area (Å²) in [6, 6.07) is 45.7. The van der Waals surface area contributed by atoms with Crippen molar-refractivity contribution in [2.45, 2.75) is 106 Å². The van der Waals surface area contributed by atoms with Crippen molar-refractivity contribution in [2.75, 3.05) is 159 Å². The fraction of sp³-hybridized carbons (Fsp3) is 0.412. The molecule has 7 N–H and O–H groups in total. The van der Waals surface area contributed by atoms with Crippen LogP contribution in [0.25, 0.3) is 98.9 Å². The summed E-state index contributed by atoms with van der Waals surface area (Å²) in [6.45, 7) is 18.8. The number of hydrogen-bond donors (Lipinski definition) is 6. The Labute approximate surface area is 780 Å². The van der Waals surface area contributed by atoms with Crippen LogP contribution in [-0.4, -0.2) is 269 Å². The smallest absolute Gasteiger partial charge is 0.264 e. The molecule has 5 aliphatic rings. The molecule has 12 aromatic rings. The van der Waals surface area contributed by atoms with Crippen LogP contribution in [0.5, 0.6) is 0 Å². The predicted octanol–water partition coefficient (Wildman–Crippen LogP) is 9.89. The van der Waals surface area contributed by atoms with E-state index >= 15 is 0 Å². The van der Waals surface area contributed by atoms with Gasteiger partial charge in [0.05, 0.1) is 188 Å². The lowest BCUT2D eigenvalue weighted by Crippen LogP contribution is -2.27. The number of carbonyl (C=O) groups is 6. The maximum atomic E-state index is 13.3. The SMILES string of the molecule is C.C1CCOC1.CCC.CCCC.CN.CN1CCOCCn2cc(c3ccccc32)C2=C(C(=O)NC2=O)c2nn(c3ccccc23)CCOCC1.CS(=O)(=O)OCCOCCn1cc(C2=C(c3nn(CCOCCOS(C)(=O)=O)c4ccccc34)C(=O)NC2=O)c2ccccc21.O=C1NC(=O)C(c2nn(CCOCCO)c3ccccc23)=C1c1cn(CCOCCO)c2ccccc12. The van der Waals surface area contributed by atoms with E-state index in [1.54, 1.807) is 15.6 Å². The van der Waals surface area contributed by atoms with Crippen LogP contribution in [0.15, 0.2) is 164 Å². The number of para-hydroxylation sites is 6. The first-order chi connectivity index (χ1) is 64.5. The molecule has 1 fully saturated rings. The van der Waals surface area contributed by atoms with Gasteiger partial charge in [0.1, 0.15) is 17.1 Å². The van der Waals surface area contributed by atoms with Crippen LogP contribution in [0.3, 0.4) is 0 Å². The Kier molecular flexibility index (Phi) is 40.3. The Balaban J connectivity index is 0.000000194. The molecule has 5 aliphatic heterocycles. The number of aromatic nitrogens is 9.